The number of carbonyl (C=O) groups is 2. The molecule has 0 fully saturated rings. The fraction of sp³-hybridized carbons (Fsp3) is 0.888. The average molecular weight is 1410 g/mol. The smallest absolute Gasteiger partial charge is 0.462 e. The Balaban J connectivity index is 3.84. The van der Waals surface area contributed by atoms with E-state index in [9.17, 15) is 19.0 Å². The zero-order chi connectivity index (χ0) is 71.8. The largest absolute Gasteiger partial charge is 0.472 e. The van der Waals surface area contributed by atoms with Crippen LogP contribution in [0.3, 0.4) is 0 Å². The van der Waals surface area contributed by atoms with Crippen molar-refractivity contribution in [1.29, 1.82) is 0 Å². The van der Waals surface area contributed by atoms with Gasteiger partial charge in [0.25, 0.3) is 0 Å². The predicted molar refractivity (Wildman–Crippen MR) is 432 cm³/mol. The van der Waals surface area contributed by atoms with Crippen LogP contribution in [0.2, 0.25) is 0 Å². The first-order valence-electron chi connectivity index (χ1n) is 43.9. The van der Waals surface area contributed by atoms with Gasteiger partial charge in [0.15, 0.2) is 6.10 Å². The first-order valence-corrected chi connectivity index (χ1v) is 45.4. The van der Waals surface area contributed by atoms with Crippen LogP contribution in [0, 0.1) is 0 Å². The zero-order valence-corrected chi connectivity index (χ0v) is 67.9. The summed E-state index contributed by atoms with van der Waals surface area (Å²) in [5, 5.41) is 0. The average Bonchev–Trinajstić information content (AvgIpc) is 0.989. The Morgan fingerprint density at radius 3 is 0.859 bits per heavy atom. The van der Waals surface area contributed by atoms with Gasteiger partial charge in [0.2, 0.25) is 0 Å². The summed E-state index contributed by atoms with van der Waals surface area (Å²) in [5.41, 5.74) is 0. The van der Waals surface area contributed by atoms with E-state index < -0.39 is 26.5 Å². The van der Waals surface area contributed by atoms with Gasteiger partial charge in [0, 0.05) is 12.8 Å². The molecule has 0 spiro atoms. The van der Waals surface area contributed by atoms with Crippen LogP contribution in [0.5, 0.6) is 0 Å². The van der Waals surface area contributed by atoms with E-state index in [2.05, 4.69) is 62.5 Å². The molecule has 0 heterocycles. The van der Waals surface area contributed by atoms with Gasteiger partial charge in [-0.05, 0) is 51.4 Å². The number of rotatable bonds is 83. The van der Waals surface area contributed by atoms with Crippen molar-refractivity contribution in [3.8, 4) is 0 Å². The lowest BCUT2D eigenvalue weighted by atomic mass is 10.0. The van der Waals surface area contributed by atoms with Crippen molar-refractivity contribution in [2.24, 2.45) is 0 Å². The highest BCUT2D eigenvalue weighted by Gasteiger charge is 2.27. The minimum Gasteiger partial charge on any atom is -0.462 e. The molecule has 0 radical (unpaired) electrons. The molecule has 0 rings (SSSR count). The van der Waals surface area contributed by atoms with Gasteiger partial charge >= 0.3 is 19.8 Å². The van der Waals surface area contributed by atoms with Crippen LogP contribution < -0.4 is 0 Å². The molecule has 0 aromatic heterocycles. The van der Waals surface area contributed by atoms with Gasteiger partial charge in [-0.15, -0.1) is 0 Å². The Labute approximate surface area is 617 Å². The number of likely N-dealkylation sites (N-methyl/N-ethyl adjacent to an activating group) is 1. The molecule has 99 heavy (non-hydrogen) atoms. The third kappa shape index (κ3) is 84.8. The first-order chi connectivity index (χ1) is 48.5. The summed E-state index contributed by atoms with van der Waals surface area (Å²) in [5.74, 6) is -0.768. The number of carbonyl (C=O) groups excluding carboxylic acids is 2. The molecule has 0 aliphatic carbocycles. The van der Waals surface area contributed by atoms with Crippen LogP contribution in [0.25, 0.3) is 0 Å². The van der Waals surface area contributed by atoms with E-state index in [-0.39, 0.29) is 25.6 Å². The Bertz CT molecular complexity index is 1810. The van der Waals surface area contributed by atoms with E-state index in [0.717, 1.165) is 57.8 Å². The number of allylic oxidation sites excluding steroid dienone is 8. The molecule has 2 unspecified atom stereocenters. The Hall–Kier alpha value is -2.03. The molecule has 0 aliphatic heterocycles. The number of phosphoric ester groups is 1. The first kappa shape index (κ1) is 97.0. The molecule has 2 atom stereocenters. The maximum Gasteiger partial charge on any atom is 0.472 e. The fourth-order valence-corrected chi connectivity index (χ4v) is 14.2. The van der Waals surface area contributed by atoms with E-state index >= 15 is 0 Å². The molecule has 0 saturated heterocycles. The number of hydrogen-bond acceptors (Lipinski definition) is 7. The van der Waals surface area contributed by atoms with Crippen molar-refractivity contribution in [3.05, 3.63) is 48.6 Å². The maximum atomic E-state index is 12.9. The van der Waals surface area contributed by atoms with E-state index in [4.69, 9.17) is 18.5 Å². The van der Waals surface area contributed by atoms with Gasteiger partial charge in [-0.2, -0.15) is 0 Å². The second-order valence-electron chi connectivity index (χ2n) is 31.3. The molecule has 9 nitrogen and oxygen atoms in total. The zero-order valence-electron chi connectivity index (χ0n) is 67.0. The molecule has 0 bridgehead atoms. The Morgan fingerprint density at radius 2 is 0.576 bits per heavy atom. The lowest BCUT2D eigenvalue weighted by molar-refractivity contribution is -0.870. The lowest BCUT2D eigenvalue weighted by Gasteiger charge is -2.24. The number of ether oxygens (including phenoxy) is 2. The molecule has 0 amide bonds. The topological polar surface area (TPSA) is 108 Å². The number of hydrogen-bond donors (Lipinski definition) is 1. The third-order valence-electron chi connectivity index (χ3n) is 20.1. The van der Waals surface area contributed by atoms with E-state index in [0.29, 0.717) is 23.9 Å². The number of phosphoric acid groups is 1. The summed E-state index contributed by atoms with van der Waals surface area (Å²) in [4.78, 5) is 36.0. The number of nitrogens with zero attached hydrogens (tertiary/aromatic N) is 1. The Morgan fingerprint density at radius 1 is 0.323 bits per heavy atom. The SMILES string of the molecule is CC/C=C\C/C=C\C/C=C\C/C=C\CCCCCCCCCCCCCCCCCCCCCCCCCCCCC(=O)OC(COC(=O)CCCCCCCCCCCCCCCCCCCCCCCCCCCCCCCCCCCCCC)COP(=O)(O)OCC[N+](C)(C)C. The molecule has 584 valence electrons. The summed E-state index contributed by atoms with van der Waals surface area (Å²) in [6, 6.07) is 0. The highest BCUT2D eigenvalue weighted by molar-refractivity contribution is 7.47. The maximum absolute atomic E-state index is 12.9. The molecular formula is C89H171NO8P+. The normalized spacial score (nSPS) is 13.2. The molecule has 0 saturated carbocycles. The monoisotopic (exact) mass is 1410 g/mol. The summed E-state index contributed by atoms with van der Waals surface area (Å²) in [7, 11) is 1.51. The van der Waals surface area contributed by atoms with Gasteiger partial charge in [-0.1, -0.05) is 441 Å². The van der Waals surface area contributed by atoms with Crippen LogP contribution in [0.4, 0.5) is 0 Å². The Kier molecular flexibility index (Phi) is 78.4. The van der Waals surface area contributed by atoms with E-state index in [1.54, 1.807) is 0 Å². The van der Waals surface area contributed by atoms with Crippen LogP contribution >= 0.6 is 7.82 Å². The minimum absolute atomic E-state index is 0.0357. The standard InChI is InChI=1S/C89H170NO8P/c1-6-8-10-12-14-16-18-20-22-24-26-28-30-32-34-36-38-40-42-44-45-46-48-50-52-54-56-58-60-62-64-66-68-70-72-74-76-78-80-82-89(92)98-87(86-97-99(93,94)96-84-83-90(3,4)5)85-95-88(91)81-79-77-75-73-71-69-67-65-63-61-59-57-55-53-51-49-47-43-41-39-37-35-33-31-29-27-25-23-21-19-17-15-13-11-9-7-2/h8,10,14,16,20,22,26,28,87H,6-7,9,11-13,15,17-19,21,23-25,27,29-86H2,1-5H3/p+1/b10-8-,16-14-,22-20-,28-26-. The summed E-state index contributed by atoms with van der Waals surface area (Å²) in [6.45, 7) is 4.41. The van der Waals surface area contributed by atoms with Crippen LogP contribution in [-0.4, -0.2) is 74.9 Å². The second-order valence-corrected chi connectivity index (χ2v) is 32.7. The number of unbranched alkanes of at least 4 members (excludes halogenated alkanes) is 61. The van der Waals surface area contributed by atoms with Crippen molar-refractivity contribution >= 4 is 19.8 Å². The second kappa shape index (κ2) is 80.1. The molecule has 10 heteroatoms. The predicted octanol–water partition coefficient (Wildman–Crippen LogP) is 29.5. The third-order valence-corrected chi connectivity index (χ3v) is 21.1. The van der Waals surface area contributed by atoms with E-state index in [1.807, 2.05) is 21.1 Å². The molecule has 0 aromatic carbocycles. The van der Waals surface area contributed by atoms with Crippen LogP contribution in [-0.2, 0) is 32.7 Å². The lowest BCUT2D eigenvalue weighted by Crippen LogP contribution is -2.37. The van der Waals surface area contributed by atoms with Gasteiger partial charge in [0.05, 0.1) is 27.7 Å². The molecule has 0 aromatic rings. The molecule has 1 N–H and O–H groups in total. The van der Waals surface area contributed by atoms with Crippen LogP contribution in [0.15, 0.2) is 48.6 Å². The van der Waals surface area contributed by atoms with Gasteiger partial charge in [-0.3, -0.25) is 18.6 Å². The van der Waals surface area contributed by atoms with Crippen molar-refractivity contribution in [2.75, 3.05) is 47.5 Å². The van der Waals surface area contributed by atoms with Crippen molar-refractivity contribution in [3.63, 3.8) is 0 Å². The van der Waals surface area contributed by atoms with Crippen LogP contribution in [0.1, 0.15) is 457 Å². The molecular weight excluding hydrogens is 1240 g/mol. The van der Waals surface area contributed by atoms with Gasteiger partial charge in [0.1, 0.15) is 19.8 Å². The van der Waals surface area contributed by atoms with Crippen molar-refractivity contribution < 1.29 is 42.1 Å². The van der Waals surface area contributed by atoms with Crippen molar-refractivity contribution in [2.45, 2.75) is 463 Å². The molecule has 0 aliphatic rings. The minimum atomic E-state index is -4.39. The fourth-order valence-electron chi connectivity index (χ4n) is 13.5. The quantitative estimate of drug-likeness (QED) is 0.0211. The summed E-state index contributed by atoms with van der Waals surface area (Å²) < 4.78 is 34.9. The number of quaternary nitrogens is 1. The summed E-state index contributed by atoms with van der Waals surface area (Å²) in [6.07, 6.45) is 107. The van der Waals surface area contributed by atoms with Crippen molar-refractivity contribution in [1.82, 2.24) is 0 Å². The number of esters is 2. The summed E-state index contributed by atoms with van der Waals surface area (Å²) >= 11 is 0. The highest BCUT2D eigenvalue weighted by Crippen LogP contribution is 2.43. The van der Waals surface area contributed by atoms with Gasteiger partial charge in [-0.25, -0.2) is 4.57 Å². The highest BCUT2D eigenvalue weighted by atomic mass is 31.2. The van der Waals surface area contributed by atoms with E-state index in [1.165, 1.54) is 366 Å². The van der Waals surface area contributed by atoms with Gasteiger partial charge < -0.3 is 18.9 Å².